The van der Waals surface area contributed by atoms with Crippen molar-refractivity contribution in [2.24, 2.45) is 0 Å². The Morgan fingerprint density at radius 3 is 2.30 bits per heavy atom. The number of furan rings is 1. The van der Waals surface area contributed by atoms with E-state index in [1.54, 1.807) is 24.7 Å². The molecule has 0 aliphatic carbocycles. The van der Waals surface area contributed by atoms with Gasteiger partial charge in [0.1, 0.15) is 12.4 Å². The highest BCUT2D eigenvalue weighted by Crippen LogP contribution is 2.34. The van der Waals surface area contributed by atoms with Crippen molar-refractivity contribution in [1.29, 1.82) is 0 Å². The van der Waals surface area contributed by atoms with E-state index >= 15 is 0 Å². The van der Waals surface area contributed by atoms with Crippen molar-refractivity contribution in [1.82, 2.24) is 25.5 Å². The van der Waals surface area contributed by atoms with Crippen LogP contribution in [0.2, 0.25) is 5.02 Å². The molecule has 1 atom stereocenters. The van der Waals surface area contributed by atoms with E-state index in [-0.39, 0.29) is 28.1 Å². The summed E-state index contributed by atoms with van der Waals surface area (Å²) in [4.78, 5) is 51.0. The highest BCUT2D eigenvalue weighted by molar-refractivity contribution is 6.40. The Bertz CT molecular complexity index is 1910. The Hall–Kier alpha value is -5.82. The number of aromatic nitrogens is 4. The average Bonchev–Trinajstić information content (AvgIpc) is 3.75. The largest absolute Gasteiger partial charge is 0.478 e. The molecule has 14 heteroatoms. The molecule has 5 aromatic rings. The van der Waals surface area contributed by atoms with E-state index in [9.17, 15) is 24.3 Å². The zero-order chi connectivity index (χ0) is 33.7. The molecule has 0 radical (unpaired) electrons. The highest BCUT2D eigenvalue weighted by Gasteiger charge is 2.26. The van der Waals surface area contributed by atoms with E-state index in [4.69, 9.17) is 16.0 Å². The van der Waals surface area contributed by atoms with Gasteiger partial charge in [-0.15, -0.1) is 5.10 Å². The maximum absolute atomic E-state index is 13.5. The van der Waals surface area contributed by atoms with E-state index in [2.05, 4.69) is 52.2 Å². The average molecular weight is 656 g/mol. The summed E-state index contributed by atoms with van der Waals surface area (Å²) in [6.45, 7) is 6.27. The third kappa shape index (κ3) is 7.89. The fraction of sp³-hybridized carbons (Fsp3) is 0.182. The third-order valence-corrected chi connectivity index (χ3v) is 7.44. The molecule has 5 rings (SSSR count). The lowest BCUT2D eigenvalue weighted by Crippen LogP contribution is -2.49. The first-order valence-corrected chi connectivity index (χ1v) is 14.7. The first kappa shape index (κ1) is 32.6. The number of aromatic carboxylic acids is 1. The minimum atomic E-state index is -1.20. The van der Waals surface area contributed by atoms with Crippen LogP contribution in [0.5, 0.6) is 0 Å². The topological polar surface area (TPSA) is 181 Å². The number of halogens is 1. The fourth-order valence-electron chi connectivity index (χ4n) is 4.77. The Balaban J connectivity index is 1.36. The summed E-state index contributed by atoms with van der Waals surface area (Å²) >= 11 is 6.13. The molecule has 0 aliphatic rings. The zero-order valence-corrected chi connectivity index (χ0v) is 26.3. The number of carboxylic acids is 1. The molecule has 0 saturated heterocycles. The van der Waals surface area contributed by atoms with E-state index < -0.39 is 29.7 Å². The first-order chi connectivity index (χ1) is 22.4. The predicted octanol–water partition coefficient (Wildman–Crippen LogP) is 4.88. The second kappa shape index (κ2) is 13.7. The molecule has 47 heavy (non-hydrogen) atoms. The summed E-state index contributed by atoms with van der Waals surface area (Å²) in [6.07, 6.45) is 4.75. The molecule has 0 aliphatic heterocycles. The second-order valence-electron chi connectivity index (χ2n) is 11.6. The number of carboxylic acid groups (broad SMARTS) is 1. The summed E-state index contributed by atoms with van der Waals surface area (Å²) in [5.41, 5.74) is 4.31. The van der Waals surface area contributed by atoms with Crippen LogP contribution in [0, 0.1) is 0 Å². The Kier molecular flexibility index (Phi) is 9.47. The van der Waals surface area contributed by atoms with Gasteiger partial charge < -0.3 is 25.5 Å². The van der Waals surface area contributed by atoms with Gasteiger partial charge in [-0.2, -0.15) is 4.68 Å². The van der Waals surface area contributed by atoms with Gasteiger partial charge in [0.05, 0.1) is 29.5 Å². The van der Waals surface area contributed by atoms with Crippen LogP contribution < -0.4 is 16.0 Å². The number of nitrogens with zero attached hydrogens (tertiary/aromatic N) is 4. The molecule has 4 N–H and O–H groups in total. The molecular formula is C33H30ClN7O6. The molecule has 0 spiro atoms. The van der Waals surface area contributed by atoms with E-state index in [1.165, 1.54) is 41.3 Å². The Morgan fingerprint density at radius 2 is 1.66 bits per heavy atom. The van der Waals surface area contributed by atoms with Crippen molar-refractivity contribution < 1.29 is 28.7 Å². The molecule has 0 unspecified atom stereocenters. The number of benzene rings is 3. The molecule has 2 heterocycles. The molecule has 240 valence electrons. The number of amides is 3. The minimum absolute atomic E-state index is 0.0307. The second-order valence-corrected chi connectivity index (χ2v) is 12.1. The molecule has 3 aromatic carbocycles. The number of carbonyl (C=O) groups is 4. The van der Waals surface area contributed by atoms with Crippen molar-refractivity contribution in [3.05, 3.63) is 107 Å². The maximum Gasteiger partial charge on any atom is 0.335 e. The molecule has 3 amide bonds. The number of tetrazole rings is 1. The van der Waals surface area contributed by atoms with Gasteiger partial charge >= 0.3 is 17.8 Å². The van der Waals surface area contributed by atoms with Gasteiger partial charge in [0.15, 0.2) is 0 Å². The third-order valence-electron chi connectivity index (χ3n) is 7.20. The number of rotatable bonds is 9. The standard InChI is InChI=1S/C33H30ClN7O6/c1-33(2,3)25-17-47-16-24(25)20-6-4-19(5-7-20)14-27(29(42)36-23-11-8-21(9-12-23)32(45)46)38-31(44)30(43)37-26-15-22(34)10-13-28(26)41-18-35-39-40-41/h4-13,15-18,27H,14H2,1-3H3,(H,36,42)(H,37,43)(H,38,44)(H,45,46)/t27-/m0/s1. The van der Waals surface area contributed by atoms with E-state index in [0.29, 0.717) is 16.9 Å². The summed E-state index contributed by atoms with van der Waals surface area (Å²) in [7, 11) is 0. The van der Waals surface area contributed by atoms with Crippen LogP contribution in [0.4, 0.5) is 11.4 Å². The van der Waals surface area contributed by atoms with E-state index in [1.807, 2.05) is 24.3 Å². The van der Waals surface area contributed by atoms with Crippen LogP contribution in [0.15, 0.2) is 90.0 Å². The quantitative estimate of drug-likeness (QED) is 0.161. The van der Waals surface area contributed by atoms with Gasteiger partial charge in [0.25, 0.3) is 0 Å². The Morgan fingerprint density at radius 1 is 0.936 bits per heavy atom. The number of anilines is 2. The molecule has 2 aromatic heterocycles. The smallest absolute Gasteiger partial charge is 0.335 e. The number of hydrogen-bond donors (Lipinski definition) is 4. The van der Waals surface area contributed by atoms with Crippen LogP contribution in [0.3, 0.4) is 0 Å². The number of hydrogen-bond acceptors (Lipinski definition) is 8. The molecular weight excluding hydrogens is 626 g/mol. The normalized spacial score (nSPS) is 11.8. The van der Waals surface area contributed by atoms with Crippen molar-refractivity contribution in [2.75, 3.05) is 10.6 Å². The van der Waals surface area contributed by atoms with Gasteiger partial charge in [0, 0.05) is 28.3 Å². The SMILES string of the molecule is CC(C)(C)c1cocc1-c1ccc(C[C@H](NC(=O)C(=O)Nc2cc(Cl)ccc2-n2cnnn2)C(=O)Nc2ccc(C(=O)O)cc2)cc1. The first-order valence-electron chi connectivity index (χ1n) is 14.3. The van der Waals surface area contributed by atoms with Gasteiger partial charge in [-0.25, -0.2) is 4.79 Å². The van der Waals surface area contributed by atoms with E-state index in [0.717, 1.165) is 16.7 Å². The van der Waals surface area contributed by atoms with Crippen LogP contribution >= 0.6 is 11.6 Å². The molecule has 13 nitrogen and oxygen atoms in total. The molecule has 0 fully saturated rings. The monoisotopic (exact) mass is 655 g/mol. The van der Waals surface area contributed by atoms with Crippen LogP contribution in [0.1, 0.15) is 42.3 Å². The highest BCUT2D eigenvalue weighted by atomic mass is 35.5. The van der Waals surface area contributed by atoms with Gasteiger partial charge in [-0.1, -0.05) is 56.6 Å². The van der Waals surface area contributed by atoms with Crippen molar-refractivity contribution in [3.8, 4) is 16.8 Å². The van der Waals surface area contributed by atoms with Crippen LogP contribution in [-0.4, -0.2) is 55.0 Å². The van der Waals surface area contributed by atoms with Crippen LogP contribution in [0.25, 0.3) is 16.8 Å². The summed E-state index contributed by atoms with van der Waals surface area (Å²) in [6, 6.07) is 16.3. The van der Waals surface area contributed by atoms with Crippen molar-refractivity contribution >= 4 is 46.7 Å². The maximum atomic E-state index is 13.5. The zero-order valence-electron chi connectivity index (χ0n) is 25.5. The number of nitrogens with one attached hydrogen (secondary N) is 3. The van der Waals surface area contributed by atoms with Crippen molar-refractivity contribution in [2.45, 2.75) is 38.6 Å². The van der Waals surface area contributed by atoms with Crippen molar-refractivity contribution in [3.63, 3.8) is 0 Å². The fourth-order valence-corrected chi connectivity index (χ4v) is 4.95. The molecule has 0 saturated carbocycles. The van der Waals surface area contributed by atoms with Gasteiger partial charge in [-0.3, -0.25) is 14.4 Å². The van der Waals surface area contributed by atoms with Crippen LogP contribution in [-0.2, 0) is 26.2 Å². The minimum Gasteiger partial charge on any atom is -0.478 e. The lowest BCUT2D eigenvalue weighted by molar-refractivity contribution is -0.137. The summed E-state index contributed by atoms with van der Waals surface area (Å²) in [5, 5.41) is 28.2. The Labute approximate surface area is 273 Å². The summed E-state index contributed by atoms with van der Waals surface area (Å²) < 4.78 is 6.77. The summed E-state index contributed by atoms with van der Waals surface area (Å²) in [5.74, 6) is -3.88. The molecule has 0 bridgehead atoms. The van der Waals surface area contributed by atoms with Gasteiger partial charge in [-0.05, 0) is 69.4 Å². The number of carbonyl (C=O) groups excluding carboxylic acids is 3. The predicted molar refractivity (Wildman–Crippen MR) is 173 cm³/mol. The lowest BCUT2D eigenvalue weighted by Gasteiger charge is -2.20. The van der Waals surface area contributed by atoms with Gasteiger partial charge in [0.2, 0.25) is 5.91 Å². The lowest BCUT2D eigenvalue weighted by atomic mass is 9.84.